The van der Waals surface area contributed by atoms with Crippen LogP contribution in [0.2, 0.25) is 0 Å². The van der Waals surface area contributed by atoms with E-state index in [0.29, 0.717) is 0 Å². The van der Waals surface area contributed by atoms with Gasteiger partial charge in [0.2, 0.25) is 0 Å². The molecule has 9 unspecified atom stereocenters. The number of hydrogen-bond acceptors (Lipinski definition) is 16. The summed E-state index contributed by atoms with van der Waals surface area (Å²) in [7, 11) is -10.3. The van der Waals surface area contributed by atoms with Crippen molar-refractivity contribution in [2.24, 2.45) is 0 Å². The van der Waals surface area contributed by atoms with Gasteiger partial charge in [-0.05, 0) is 6.07 Å². The molecule has 3 aromatic rings. The molecule has 0 bridgehead atoms. The predicted molar refractivity (Wildman–Crippen MR) is 136 cm³/mol. The van der Waals surface area contributed by atoms with Crippen LogP contribution in [0, 0.1) is 0 Å². The van der Waals surface area contributed by atoms with Crippen LogP contribution in [0.1, 0.15) is 12.5 Å². The zero-order valence-electron chi connectivity index (χ0n) is 21.4. The van der Waals surface area contributed by atoms with E-state index in [0.717, 1.165) is 28.0 Å². The van der Waals surface area contributed by atoms with Gasteiger partial charge in [0.25, 0.3) is 5.56 Å². The van der Waals surface area contributed by atoms with E-state index in [4.69, 9.17) is 34.0 Å². The topological polar surface area (TPSA) is 326 Å². The highest BCUT2D eigenvalue weighted by atomic mass is 31.2. The van der Waals surface area contributed by atoms with E-state index in [1.807, 2.05) is 0 Å². The van der Waals surface area contributed by atoms with E-state index < -0.39 is 89.2 Å². The molecule has 0 saturated carbocycles. The summed E-state index contributed by atoms with van der Waals surface area (Å²) in [6, 6.07) is 1.24. The molecule has 0 aliphatic carbocycles. The van der Waals surface area contributed by atoms with E-state index >= 15 is 0 Å². The van der Waals surface area contributed by atoms with E-state index in [2.05, 4.69) is 24.5 Å². The van der Waals surface area contributed by atoms with Crippen molar-refractivity contribution in [3.05, 3.63) is 45.8 Å². The molecule has 24 heteroatoms. The molecule has 0 amide bonds. The van der Waals surface area contributed by atoms with Gasteiger partial charge in [-0.1, -0.05) is 0 Å². The number of H-pyrrole nitrogens is 1. The van der Waals surface area contributed by atoms with Gasteiger partial charge >= 0.3 is 21.3 Å². The first kappa shape index (κ1) is 31.5. The van der Waals surface area contributed by atoms with Crippen LogP contribution < -0.4 is 17.0 Å². The van der Waals surface area contributed by atoms with Crippen LogP contribution in [0.15, 0.2) is 34.5 Å². The van der Waals surface area contributed by atoms with Crippen molar-refractivity contribution < 1.29 is 62.2 Å². The predicted octanol–water partition coefficient (Wildman–Crippen LogP) is -3.55. The number of aliphatic hydroxyl groups is 3. The van der Waals surface area contributed by atoms with Gasteiger partial charge in [-0.2, -0.15) is 4.98 Å². The summed E-state index contributed by atoms with van der Waals surface area (Å²) in [5.41, 5.74) is 3.69. The van der Waals surface area contributed by atoms with E-state index in [1.54, 1.807) is 0 Å². The molecule has 0 aromatic carbocycles. The molecule has 236 valence electrons. The first-order chi connectivity index (χ1) is 20.1. The van der Waals surface area contributed by atoms with Crippen molar-refractivity contribution >= 4 is 32.6 Å². The number of nitrogens with one attached hydrogen (secondary N) is 1. The van der Waals surface area contributed by atoms with E-state index in [1.165, 1.54) is 6.07 Å². The minimum absolute atomic E-state index is 0.0672. The van der Waals surface area contributed by atoms with E-state index in [-0.39, 0.29) is 17.0 Å². The molecule has 2 fully saturated rings. The number of anilines is 1. The number of ether oxygens (including phenoxy) is 2. The third-order valence-electron chi connectivity index (χ3n) is 6.48. The minimum atomic E-state index is -5.20. The summed E-state index contributed by atoms with van der Waals surface area (Å²) in [5, 5.41) is 31.7. The number of fused-ring (bicyclic) bond motifs is 1. The lowest BCUT2D eigenvalue weighted by Crippen LogP contribution is -2.37. The Morgan fingerprint density at radius 1 is 0.953 bits per heavy atom. The van der Waals surface area contributed by atoms with Gasteiger partial charge in [-0.15, -0.1) is 0 Å². The number of aliphatic hydroxyl groups excluding tert-OH is 3. The molecular weight excluding hydrogens is 628 g/mol. The van der Waals surface area contributed by atoms with Crippen molar-refractivity contribution in [3.63, 3.8) is 0 Å². The fraction of sp³-hybridized carbons (Fsp3) is 0.526. The molecule has 5 heterocycles. The highest BCUT2D eigenvalue weighted by Crippen LogP contribution is 2.50. The Morgan fingerprint density at radius 3 is 2.33 bits per heavy atom. The minimum Gasteiger partial charge on any atom is -0.387 e. The molecular formula is C19H25N7O15P2. The number of imidazole rings is 1. The summed E-state index contributed by atoms with van der Waals surface area (Å²) >= 11 is 0. The normalized spacial score (nSPS) is 31.0. The lowest BCUT2D eigenvalue weighted by molar-refractivity contribution is -0.0607. The molecule has 9 N–H and O–H groups in total. The second kappa shape index (κ2) is 11.9. The Hall–Kier alpha value is -2.95. The van der Waals surface area contributed by atoms with Gasteiger partial charge in [0, 0.05) is 6.20 Å². The Kier molecular flexibility index (Phi) is 8.68. The Labute approximate surface area is 238 Å². The number of phosphoric ester groups is 2. The van der Waals surface area contributed by atoms with Crippen LogP contribution in [0.4, 0.5) is 5.82 Å². The summed E-state index contributed by atoms with van der Waals surface area (Å²) in [4.78, 5) is 66.4. The molecule has 9 atom stereocenters. The maximum Gasteiger partial charge on any atom is 0.472 e. The monoisotopic (exact) mass is 653 g/mol. The lowest BCUT2D eigenvalue weighted by Gasteiger charge is -2.24. The van der Waals surface area contributed by atoms with Gasteiger partial charge in [-0.3, -0.25) is 27.5 Å². The smallest absolute Gasteiger partial charge is 0.387 e. The summed E-state index contributed by atoms with van der Waals surface area (Å²) in [5.74, 6) is -0.108. The third-order valence-corrected chi connectivity index (χ3v) is 7.95. The number of nitrogens with two attached hydrogens (primary N) is 1. The number of aromatic amines is 1. The molecule has 43 heavy (non-hydrogen) atoms. The molecule has 22 nitrogen and oxygen atoms in total. The first-order valence-corrected chi connectivity index (χ1v) is 15.1. The molecule has 3 aromatic heterocycles. The molecule has 2 aliphatic heterocycles. The van der Waals surface area contributed by atoms with Crippen molar-refractivity contribution in [1.82, 2.24) is 29.1 Å². The van der Waals surface area contributed by atoms with Gasteiger partial charge in [0.15, 0.2) is 23.6 Å². The molecule has 0 radical (unpaired) electrons. The van der Waals surface area contributed by atoms with Crippen LogP contribution in [0.3, 0.4) is 0 Å². The highest BCUT2D eigenvalue weighted by molar-refractivity contribution is 7.47. The number of phosphoric acid groups is 2. The van der Waals surface area contributed by atoms with Gasteiger partial charge < -0.3 is 50.2 Å². The maximum atomic E-state index is 12.9. The van der Waals surface area contributed by atoms with Crippen molar-refractivity contribution in [2.45, 2.75) is 49.1 Å². The Morgan fingerprint density at radius 2 is 1.63 bits per heavy atom. The quantitative estimate of drug-likeness (QED) is 0.0981. The SMILES string of the molecule is Nc1ccn(C2OC(COP(=O)(O)OC3C(COP(=O)(O)O)OC(n4cnc5c(=O)[nH]cnc54)C3O)C(O)C2O)c(=O)n1. The summed E-state index contributed by atoms with van der Waals surface area (Å²) < 4.78 is 51.6. The zero-order chi connectivity index (χ0) is 31.3. The summed E-state index contributed by atoms with van der Waals surface area (Å²) in [6.07, 6.45) is -9.85. The zero-order valence-corrected chi connectivity index (χ0v) is 23.2. The van der Waals surface area contributed by atoms with Crippen LogP contribution in [-0.2, 0) is 32.2 Å². The Bertz CT molecular complexity index is 1690. The number of rotatable bonds is 10. The van der Waals surface area contributed by atoms with Crippen LogP contribution >= 0.6 is 15.6 Å². The summed E-state index contributed by atoms with van der Waals surface area (Å²) in [6.45, 7) is -1.82. The first-order valence-electron chi connectivity index (χ1n) is 12.1. The fourth-order valence-electron chi connectivity index (χ4n) is 4.50. The number of nitrogen functional groups attached to an aromatic ring is 1. The number of aromatic nitrogens is 6. The second-order valence-electron chi connectivity index (χ2n) is 9.32. The van der Waals surface area contributed by atoms with Gasteiger partial charge in [-0.25, -0.2) is 23.9 Å². The maximum absolute atomic E-state index is 12.9. The molecule has 0 spiro atoms. The average Bonchev–Trinajstić information content (AvgIpc) is 3.57. The van der Waals surface area contributed by atoms with Gasteiger partial charge in [0.05, 0.1) is 25.9 Å². The molecule has 5 rings (SSSR count). The average molecular weight is 653 g/mol. The number of nitrogens with zero attached hydrogens (tertiary/aromatic N) is 5. The van der Waals surface area contributed by atoms with Crippen molar-refractivity contribution in [3.8, 4) is 0 Å². The number of hydrogen-bond donors (Lipinski definition) is 8. The van der Waals surface area contributed by atoms with Gasteiger partial charge in [0.1, 0.15) is 42.4 Å². The van der Waals surface area contributed by atoms with Crippen LogP contribution in [0.5, 0.6) is 0 Å². The van der Waals surface area contributed by atoms with Crippen molar-refractivity contribution in [2.75, 3.05) is 18.9 Å². The van der Waals surface area contributed by atoms with Crippen molar-refractivity contribution in [1.29, 1.82) is 0 Å². The highest BCUT2D eigenvalue weighted by Gasteiger charge is 2.51. The third kappa shape index (κ3) is 6.61. The molecule has 2 saturated heterocycles. The second-order valence-corrected chi connectivity index (χ2v) is 12.0. The van der Waals surface area contributed by atoms with E-state index in [9.17, 15) is 38.9 Å². The standard InChI is InChI=1S/C19H25N7O15P2/c20-9-1-2-25(19(31)24-9)17-12(28)11(27)7(39-17)3-38-43(35,36)41-14-8(4-37-42(32,33)34)40-18(13(14)29)26-6-23-10-15(26)21-5-22-16(10)30/h1-2,5-8,11-14,17-18,27-29H,3-4H2,(H,35,36)(H2,20,24,31)(H,21,22,30)(H2,32,33,34). The Balaban J connectivity index is 1.31. The lowest BCUT2D eigenvalue weighted by atomic mass is 10.1. The van der Waals surface area contributed by atoms with Crippen LogP contribution in [-0.4, -0.2) is 109 Å². The van der Waals surface area contributed by atoms with Crippen LogP contribution in [0.25, 0.3) is 11.2 Å². The largest absolute Gasteiger partial charge is 0.472 e. The molecule has 2 aliphatic rings. The fourth-order valence-corrected chi connectivity index (χ4v) is 5.81.